The molecule has 2 heterocycles. The fourth-order valence-corrected chi connectivity index (χ4v) is 5.57. The molecule has 11 nitrogen and oxygen atoms in total. The molecular weight excluding hydrogens is 564 g/mol. The predicted octanol–water partition coefficient (Wildman–Crippen LogP) is 5.07. The minimum atomic E-state index is -1.17. The molecule has 1 N–H and O–H groups in total. The lowest BCUT2D eigenvalue weighted by Crippen LogP contribution is -2.29. The summed E-state index contributed by atoms with van der Waals surface area (Å²) in [7, 11) is 4.33. The third kappa shape index (κ3) is 5.62. The maximum Gasteiger partial charge on any atom is 0.350 e. The Morgan fingerprint density at radius 3 is 2.33 bits per heavy atom. The van der Waals surface area contributed by atoms with Crippen molar-refractivity contribution in [2.24, 2.45) is 0 Å². The number of ether oxygens (including phenoxy) is 5. The van der Waals surface area contributed by atoms with Crippen LogP contribution < -0.4 is 23.8 Å². The smallest absolute Gasteiger partial charge is 0.350 e. The fraction of sp³-hybridized carbons (Fsp3) is 0.333. The number of carbonyl (C=O) groups is 3. The maximum absolute atomic E-state index is 13.7. The zero-order chi connectivity index (χ0) is 30.6. The SMILES string of the molecule is CCCOc1cccc(C(O)=C2C(=O)C(=O)N(c3nc(C)c(C(=O)OCC)s3)C2c2cc(OC)c(OC)c(OC)c2)c1. The number of amides is 1. The average Bonchev–Trinajstić information content (AvgIpc) is 3.51. The van der Waals surface area contributed by atoms with Crippen molar-refractivity contribution in [3.8, 4) is 23.0 Å². The van der Waals surface area contributed by atoms with Crippen LogP contribution in [0, 0.1) is 6.92 Å². The molecule has 0 spiro atoms. The molecule has 4 rings (SSSR count). The number of ketones is 1. The van der Waals surface area contributed by atoms with E-state index in [1.54, 1.807) is 50.2 Å². The highest BCUT2D eigenvalue weighted by Crippen LogP contribution is 2.48. The maximum atomic E-state index is 13.7. The molecule has 0 aliphatic carbocycles. The lowest BCUT2D eigenvalue weighted by Gasteiger charge is -2.24. The van der Waals surface area contributed by atoms with Crippen LogP contribution in [0.2, 0.25) is 0 Å². The molecule has 1 atom stereocenters. The molecule has 1 aliphatic rings. The number of aliphatic hydroxyl groups is 1. The number of Topliss-reactive ketones (excluding diaryl/α,β-unsaturated/α-hetero) is 1. The molecular formula is C30H32N2O9S. The molecule has 3 aromatic rings. The van der Waals surface area contributed by atoms with Crippen molar-refractivity contribution in [1.82, 2.24) is 4.98 Å². The monoisotopic (exact) mass is 596 g/mol. The minimum Gasteiger partial charge on any atom is -0.507 e. The number of aromatic nitrogens is 1. The zero-order valence-electron chi connectivity index (χ0n) is 24.2. The highest BCUT2D eigenvalue weighted by Gasteiger charge is 2.49. The predicted molar refractivity (Wildman–Crippen MR) is 156 cm³/mol. The van der Waals surface area contributed by atoms with E-state index in [1.165, 1.54) is 21.3 Å². The summed E-state index contributed by atoms with van der Waals surface area (Å²) >= 11 is 0.913. The number of methoxy groups -OCH3 is 3. The molecule has 1 amide bonds. The summed E-state index contributed by atoms with van der Waals surface area (Å²) in [4.78, 5) is 45.7. The van der Waals surface area contributed by atoms with Crippen LogP contribution in [0.5, 0.6) is 23.0 Å². The van der Waals surface area contributed by atoms with Crippen molar-refractivity contribution in [2.45, 2.75) is 33.2 Å². The van der Waals surface area contributed by atoms with Crippen LogP contribution in [0.4, 0.5) is 5.13 Å². The molecule has 1 aromatic heterocycles. The van der Waals surface area contributed by atoms with Crippen LogP contribution in [0.15, 0.2) is 42.0 Å². The number of benzene rings is 2. The van der Waals surface area contributed by atoms with E-state index in [0.29, 0.717) is 29.4 Å². The van der Waals surface area contributed by atoms with Crippen molar-refractivity contribution >= 4 is 39.9 Å². The third-order valence-corrected chi connectivity index (χ3v) is 7.62. The highest BCUT2D eigenvalue weighted by molar-refractivity contribution is 7.17. The molecule has 42 heavy (non-hydrogen) atoms. The van der Waals surface area contributed by atoms with Crippen molar-refractivity contribution < 1.29 is 43.2 Å². The lowest BCUT2D eigenvalue weighted by atomic mass is 9.94. The molecule has 12 heteroatoms. The molecule has 1 aliphatic heterocycles. The number of esters is 1. The summed E-state index contributed by atoms with van der Waals surface area (Å²) in [5, 5.41) is 11.7. The summed E-state index contributed by atoms with van der Waals surface area (Å²) in [5.74, 6) is -1.52. The number of nitrogens with zero attached hydrogens (tertiary/aromatic N) is 2. The summed E-state index contributed by atoms with van der Waals surface area (Å²) < 4.78 is 27.4. The van der Waals surface area contributed by atoms with E-state index in [4.69, 9.17) is 23.7 Å². The first kappa shape index (κ1) is 30.4. The van der Waals surface area contributed by atoms with Crippen LogP contribution >= 0.6 is 11.3 Å². The van der Waals surface area contributed by atoms with E-state index < -0.39 is 29.5 Å². The Balaban J connectivity index is 1.97. The summed E-state index contributed by atoms with van der Waals surface area (Å²) in [6, 6.07) is 8.63. The van der Waals surface area contributed by atoms with E-state index in [0.717, 1.165) is 22.7 Å². The van der Waals surface area contributed by atoms with Crippen LogP contribution in [-0.2, 0) is 14.3 Å². The number of carbonyl (C=O) groups excluding carboxylic acids is 3. The number of hydrogen-bond donors (Lipinski definition) is 1. The van der Waals surface area contributed by atoms with E-state index in [-0.39, 0.29) is 39.3 Å². The van der Waals surface area contributed by atoms with E-state index >= 15 is 0 Å². The zero-order valence-corrected chi connectivity index (χ0v) is 25.0. The molecule has 2 aromatic carbocycles. The van der Waals surface area contributed by atoms with Gasteiger partial charge in [0, 0.05) is 5.56 Å². The first-order chi connectivity index (χ1) is 20.2. The quantitative estimate of drug-likeness (QED) is 0.138. The second kappa shape index (κ2) is 12.9. The lowest BCUT2D eigenvalue weighted by molar-refractivity contribution is -0.132. The van der Waals surface area contributed by atoms with Gasteiger partial charge in [0.25, 0.3) is 5.78 Å². The minimum absolute atomic E-state index is 0.0792. The van der Waals surface area contributed by atoms with Crippen LogP contribution in [0.25, 0.3) is 5.76 Å². The fourth-order valence-electron chi connectivity index (χ4n) is 4.58. The van der Waals surface area contributed by atoms with Crippen molar-refractivity contribution in [3.05, 3.63) is 63.7 Å². The number of anilines is 1. The molecule has 1 unspecified atom stereocenters. The second-order valence-corrected chi connectivity index (χ2v) is 10.1. The molecule has 0 bridgehead atoms. The molecule has 222 valence electrons. The molecule has 1 fully saturated rings. The summed E-state index contributed by atoms with van der Waals surface area (Å²) in [5.41, 5.74) is 0.794. The van der Waals surface area contributed by atoms with E-state index in [9.17, 15) is 19.5 Å². The number of hydrogen-bond acceptors (Lipinski definition) is 11. The first-order valence-corrected chi connectivity index (χ1v) is 14.0. The van der Waals surface area contributed by atoms with Gasteiger partial charge in [0.05, 0.1) is 51.9 Å². The Hall–Kier alpha value is -4.58. The van der Waals surface area contributed by atoms with Gasteiger partial charge in [0.15, 0.2) is 16.6 Å². The highest BCUT2D eigenvalue weighted by atomic mass is 32.1. The largest absolute Gasteiger partial charge is 0.507 e. The Labute approximate surface area is 247 Å². The van der Waals surface area contributed by atoms with Gasteiger partial charge in [-0.25, -0.2) is 9.78 Å². The van der Waals surface area contributed by atoms with Crippen LogP contribution in [0.3, 0.4) is 0 Å². The number of aliphatic hydroxyl groups excluding tert-OH is 1. The topological polar surface area (TPSA) is 134 Å². The van der Waals surface area contributed by atoms with Gasteiger partial charge in [-0.05, 0) is 50.1 Å². The first-order valence-electron chi connectivity index (χ1n) is 13.2. The van der Waals surface area contributed by atoms with Gasteiger partial charge in [-0.3, -0.25) is 14.5 Å². The number of thiazole rings is 1. The van der Waals surface area contributed by atoms with Crippen molar-refractivity contribution in [1.29, 1.82) is 0 Å². The second-order valence-electron chi connectivity index (χ2n) is 9.14. The Morgan fingerprint density at radius 1 is 1.05 bits per heavy atom. The van der Waals surface area contributed by atoms with Crippen LogP contribution in [0.1, 0.15) is 52.8 Å². The van der Waals surface area contributed by atoms with Gasteiger partial charge in [0.2, 0.25) is 5.75 Å². The molecule has 0 saturated carbocycles. The van der Waals surface area contributed by atoms with Gasteiger partial charge < -0.3 is 28.8 Å². The van der Waals surface area contributed by atoms with Gasteiger partial charge in [-0.15, -0.1) is 0 Å². The Morgan fingerprint density at radius 2 is 1.74 bits per heavy atom. The van der Waals surface area contributed by atoms with Gasteiger partial charge in [-0.1, -0.05) is 30.4 Å². The average molecular weight is 597 g/mol. The summed E-state index contributed by atoms with van der Waals surface area (Å²) in [6.07, 6.45) is 0.781. The van der Waals surface area contributed by atoms with Gasteiger partial charge in [-0.2, -0.15) is 0 Å². The molecule has 1 saturated heterocycles. The van der Waals surface area contributed by atoms with Crippen LogP contribution in [-0.4, -0.2) is 62.3 Å². The third-order valence-electron chi connectivity index (χ3n) is 6.48. The van der Waals surface area contributed by atoms with E-state index in [2.05, 4.69) is 4.98 Å². The van der Waals surface area contributed by atoms with Crippen molar-refractivity contribution in [3.63, 3.8) is 0 Å². The van der Waals surface area contributed by atoms with E-state index in [1.807, 2.05) is 6.92 Å². The number of aryl methyl sites for hydroxylation is 1. The normalized spacial score (nSPS) is 16.0. The molecule has 0 radical (unpaired) electrons. The Bertz CT molecular complexity index is 1520. The Kier molecular flexibility index (Phi) is 9.36. The summed E-state index contributed by atoms with van der Waals surface area (Å²) in [6.45, 7) is 5.88. The standard InChI is InChI=1S/C30H32N2O9S/c1-7-12-41-19-11-9-10-17(13-19)24(33)22-23(18-14-20(37-4)26(39-6)21(15-18)38-5)32(28(35)25(22)34)30-31-16(3)27(42-30)29(36)40-8-2/h9-11,13-15,23,33H,7-8,12H2,1-6H3. The van der Waals surface area contributed by atoms with Gasteiger partial charge >= 0.3 is 11.9 Å². The van der Waals surface area contributed by atoms with Gasteiger partial charge in [0.1, 0.15) is 16.4 Å². The number of rotatable bonds is 11. The van der Waals surface area contributed by atoms with Crippen molar-refractivity contribution in [2.75, 3.05) is 39.4 Å².